The molecule has 2 aromatic rings. The van der Waals surface area contributed by atoms with Crippen molar-refractivity contribution in [3.05, 3.63) is 53.9 Å². The molecule has 1 atom stereocenters. The Labute approximate surface area is 156 Å². The van der Waals surface area contributed by atoms with Crippen molar-refractivity contribution in [3.8, 4) is 0 Å². The van der Waals surface area contributed by atoms with Crippen molar-refractivity contribution in [2.75, 3.05) is 17.2 Å². The van der Waals surface area contributed by atoms with Crippen molar-refractivity contribution >= 4 is 29.1 Å². The molecule has 3 amide bonds. The average molecular weight is 364 g/mol. The molecule has 0 aliphatic carbocycles. The summed E-state index contributed by atoms with van der Waals surface area (Å²) in [5, 5.41) is 5.50. The molecule has 0 radical (unpaired) electrons. The first-order valence-corrected chi connectivity index (χ1v) is 9.06. The van der Waals surface area contributed by atoms with E-state index < -0.39 is 11.8 Å². The van der Waals surface area contributed by atoms with Gasteiger partial charge in [0.15, 0.2) is 0 Å². The third-order valence-corrected chi connectivity index (χ3v) is 5.06. The number of carbonyl (C=O) groups is 3. The second kappa shape index (κ2) is 7.19. The van der Waals surface area contributed by atoms with E-state index in [-0.39, 0.29) is 11.9 Å². The van der Waals surface area contributed by atoms with Crippen molar-refractivity contribution in [1.29, 1.82) is 0 Å². The Morgan fingerprint density at radius 2 is 1.96 bits per heavy atom. The summed E-state index contributed by atoms with van der Waals surface area (Å²) in [5.74, 6) is -1.18. The molecule has 138 valence electrons. The molecule has 3 heterocycles. The number of carbonyl (C=O) groups excluding carboxylic acids is 3. The standard InChI is InChI=1S/C20H20N4O3/c25-18-6-3-14-12-15(4-5-16(14)23-18)22-19(26)20(27)24-11-1-2-17(24)13-7-9-21-10-8-13/h4-5,7-10,12,17H,1-3,6,11H2,(H,22,26)(H,23,25). The number of amides is 3. The quantitative estimate of drug-likeness (QED) is 0.800. The Kier molecular flexibility index (Phi) is 4.58. The van der Waals surface area contributed by atoms with Gasteiger partial charge in [0.2, 0.25) is 5.91 Å². The van der Waals surface area contributed by atoms with Crippen molar-refractivity contribution in [1.82, 2.24) is 9.88 Å². The highest BCUT2D eigenvalue weighted by Gasteiger charge is 2.33. The molecule has 0 saturated carbocycles. The fourth-order valence-corrected chi connectivity index (χ4v) is 3.72. The summed E-state index contributed by atoms with van der Waals surface area (Å²) in [6.45, 7) is 0.565. The first-order valence-electron chi connectivity index (χ1n) is 9.06. The average Bonchev–Trinajstić information content (AvgIpc) is 3.18. The zero-order chi connectivity index (χ0) is 18.8. The van der Waals surface area contributed by atoms with E-state index in [0.29, 0.717) is 25.1 Å². The molecule has 27 heavy (non-hydrogen) atoms. The van der Waals surface area contributed by atoms with Gasteiger partial charge in [-0.15, -0.1) is 0 Å². The molecule has 7 nitrogen and oxygen atoms in total. The summed E-state index contributed by atoms with van der Waals surface area (Å²) in [6.07, 6.45) is 6.14. The van der Waals surface area contributed by atoms with Crippen LogP contribution in [0, 0.1) is 0 Å². The van der Waals surface area contributed by atoms with Crippen LogP contribution in [0.2, 0.25) is 0 Å². The monoisotopic (exact) mass is 364 g/mol. The molecule has 2 aliphatic rings. The van der Waals surface area contributed by atoms with Gasteiger partial charge in [0, 0.05) is 36.7 Å². The Morgan fingerprint density at radius 1 is 1.15 bits per heavy atom. The lowest BCUT2D eigenvalue weighted by Crippen LogP contribution is -2.39. The second-order valence-electron chi connectivity index (χ2n) is 6.81. The largest absolute Gasteiger partial charge is 0.327 e. The Bertz CT molecular complexity index is 897. The number of anilines is 2. The van der Waals surface area contributed by atoms with E-state index in [0.717, 1.165) is 29.7 Å². The number of rotatable bonds is 2. The summed E-state index contributed by atoms with van der Waals surface area (Å²) in [5.41, 5.74) is 3.26. The summed E-state index contributed by atoms with van der Waals surface area (Å²) in [7, 11) is 0. The number of benzene rings is 1. The van der Waals surface area contributed by atoms with Crippen LogP contribution in [0.25, 0.3) is 0 Å². The highest BCUT2D eigenvalue weighted by Crippen LogP contribution is 2.32. The van der Waals surface area contributed by atoms with E-state index in [1.54, 1.807) is 29.4 Å². The molecule has 1 saturated heterocycles. The van der Waals surface area contributed by atoms with Crippen LogP contribution in [-0.4, -0.2) is 34.2 Å². The van der Waals surface area contributed by atoms with Gasteiger partial charge in [0.05, 0.1) is 6.04 Å². The van der Waals surface area contributed by atoms with E-state index in [1.807, 2.05) is 18.2 Å². The topological polar surface area (TPSA) is 91.4 Å². The molecule has 7 heteroatoms. The Hall–Kier alpha value is -3.22. The zero-order valence-electron chi connectivity index (χ0n) is 14.8. The number of nitrogens with one attached hydrogen (secondary N) is 2. The number of hydrogen-bond donors (Lipinski definition) is 2. The predicted molar refractivity (Wildman–Crippen MR) is 99.9 cm³/mol. The fraction of sp³-hybridized carbons (Fsp3) is 0.300. The molecule has 1 aromatic heterocycles. The van der Waals surface area contributed by atoms with Gasteiger partial charge in [-0.3, -0.25) is 19.4 Å². The van der Waals surface area contributed by atoms with Gasteiger partial charge in [-0.2, -0.15) is 0 Å². The maximum Gasteiger partial charge on any atom is 0.313 e. The van der Waals surface area contributed by atoms with Crippen molar-refractivity contribution in [2.45, 2.75) is 31.7 Å². The van der Waals surface area contributed by atoms with Crippen molar-refractivity contribution < 1.29 is 14.4 Å². The molecule has 4 rings (SSSR count). The fourth-order valence-electron chi connectivity index (χ4n) is 3.72. The number of nitrogens with zero attached hydrogens (tertiary/aromatic N) is 2. The summed E-state index contributed by atoms with van der Waals surface area (Å²) in [4.78, 5) is 42.3. The van der Waals surface area contributed by atoms with Crippen LogP contribution in [-0.2, 0) is 20.8 Å². The minimum atomic E-state index is -0.643. The minimum Gasteiger partial charge on any atom is -0.327 e. The van der Waals surface area contributed by atoms with Crippen LogP contribution in [0.4, 0.5) is 11.4 Å². The van der Waals surface area contributed by atoms with Crippen LogP contribution in [0.3, 0.4) is 0 Å². The number of pyridine rings is 1. The number of likely N-dealkylation sites (tertiary alicyclic amines) is 1. The van der Waals surface area contributed by atoms with Gasteiger partial charge < -0.3 is 15.5 Å². The van der Waals surface area contributed by atoms with Crippen LogP contribution < -0.4 is 10.6 Å². The lowest BCUT2D eigenvalue weighted by molar-refractivity contribution is -0.143. The molecule has 1 fully saturated rings. The van der Waals surface area contributed by atoms with E-state index in [4.69, 9.17) is 0 Å². The maximum atomic E-state index is 12.7. The van der Waals surface area contributed by atoms with Gasteiger partial charge in [0.25, 0.3) is 0 Å². The lowest BCUT2D eigenvalue weighted by Gasteiger charge is -2.24. The normalized spacial score (nSPS) is 18.6. The third-order valence-electron chi connectivity index (χ3n) is 5.06. The van der Waals surface area contributed by atoms with Crippen LogP contribution in [0.15, 0.2) is 42.7 Å². The lowest BCUT2D eigenvalue weighted by atomic mass is 10.0. The Morgan fingerprint density at radius 3 is 2.78 bits per heavy atom. The smallest absolute Gasteiger partial charge is 0.313 e. The molecule has 0 bridgehead atoms. The molecule has 2 N–H and O–H groups in total. The van der Waals surface area contributed by atoms with Gasteiger partial charge >= 0.3 is 11.8 Å². The predicted octanol–water partition coefficient (Wildman–Crippen LogP) is 2.27. The van der Waals surface area contributed by atoms with Gasteiger partial charge in [-0.05, 0) is 60.7 Å². The van der Waals surface area contributed by atoms with Crippen LogP contribution in [0.1, 0.15) is 36.4 Å². The van der Waals surface area contributed by atoms with Crippen LogP contribution in [0.5, 0.6) is 0 Å². The molecule has 1 unspecified atom stereocenters. The van der Waals surface area contributed by atoms with E-state index >= 15 is 0 Å². The number of aromatic nitrogens is 1. The van der Waals surface area contributed by atoms with E-state index in [1.165, 1.54) is 0 Å². The summed E-state index contributed by atoms with van der Waals surface area (Å²) >= 11 is 0. The number of fused-ring (bicyclic) bond motifs is 1. The van der Waals surface area contributed by atoms with E-state index in [2.05, 4.69) is 15.6 Å². The summed E-state index contributed by atoms with van der Waals surface area (Å²) in [6, 6.07) is 8.93. The van der Waals surface area contributed by atoms with Gasteiger partial charge in [-0.25, -0.2) is 0 Å². The third kappa shape index (κ3) is 3.53. The molecular formula is C20H20N4O3. The van der Waals surface area contributed by atoms with Gasteiger partial charge in [-0.1, -0.05) is 0 Å². The van der Waals surface area contributed by atoms with Crippen LogP contribution >= 0.6 is 0 Å². The highest BCUT2D eigenvalue weighted by atomic mass is 16.2. The SMILES string of the molecule is O=C1CCc2cc(NC(=O)C(=O)N3CCCC3c3ccncc3)ccc2N1. The second-order valence-corrected chi connectivity index (χ2v) is 6.81. The van der Waals surface area contributed by atoms with Crippen molar-refractivity contribution in [3.63, 3.8) is 0 Å². The number of hydrogen-bond acceptors (Lipinski definition) is 4. The molecule has 1 aromatic carbocycles. The van der Waals surface area contributed by atoms with Crippen molar-refractivity contribution in [2.24, 2.45) is 0 Å². The van der Waals surface area contributed by atoms with Gasteiger partial charge in [0.1, 0.15) is 0 Å². The highest BCUT2D eigenvalue weighted by molar-refractivity contribution is 6.39. The maximum absolute atomic E-state index is 12.7. The molecule has 0 spiro atoms. The Balaban J connectivity index is 1.46. The van der Waals surface area contributed by atoms with E-state index in [9.17, 15) is 14.4 Å². The molecule has 2 aliphatic heterocycles. The summed E-state index contributed by atoms with van der Waals surface area (Å²) < 4.78 is 0. The number of aryl methyl sites for hydroxylation is 1. The first kappa shape index (κ1) is 17.2. The zero-order valence-corrected chi connectivity index (χ0v) is 14.8. The minimum absolute atomic E-state index is 0.00866. The first-order chi connectivity index (χ1) is 13.1. The molecular weight excluding hydrogens is 344 g/mol.